The summed E-state index contributed by atoms with van der Waals surface area (Å²) in [6.07, 6.45) is 0.180. The molecule has 33 heavy (non-hydrogen) atoms. The highest BCUT2D eigenvalue weighted by atomic mass is 32.2. The molecule has 1 amide bonds. The van der Waals surface area contributed by atoms with Crippen LogP contribution in [0.3, 0.4) is 0 Å². The highest BCUT2D eigenvalue weighted by Gasteiger charge is 2.22. The van der Waals surface area contributed by atoms with Gasteiger partial charge in [-0.15, -0.1) is 11.3 Å². The second-order valence-corrected chi connectivity index (χ2v) is 10.7. The minimum absolute atomic E-state index is 0.130. The van der Waals surface area contributed by atoms with Crippen LogP contribution in [0.5, 0.6) is 5.75 Å². The molecule has 0 saturated carbocycles. The summed E-state index contributed by atoms with van der Waals surface area (Å²) in [5, 5.41) is 5.60. The number of carbonyl (C=O) groups excluding carboxylic acids is 1. The molecule has 0 atom stereocenters. The quantitative estimate of drug-likeness (QED) is 0.465. The van der Waals surface area contributed by atoms with Gasteiger partial charge in [-0.3, -0.25) is 4.79 Å². The Labute approximate surface area is 199 Å². The van der Waals surface area contributed by atoms with Gasteiger partial charge in [-0.2, -0.15) is 4.31 Å². The molecule has 1 aromatic heterocycles. The van der Waals surface area contributed by atoms with Crippen molar-refractivity contribution >= 4 is 27.3 Å². The monoisotopic (exact) mass is 487 g/mol. The predicted molar refractivity (Wildman–Crippen MR) is 131 cm³/mol. The Balaban J connectivity index is 1.55. The van der Waals surface area contributed by atoms with Crippen molar-refractivity contribution in [3.8, 4) is 16.3 Å². The molecular weight excluding hydrogens is 458 g/mol. The van der Waals surface area contributed by atoms with Crippen molar-refractivity contribution < 1.29 is 17.9 Å². The molecule has 0 saturated heterocycles. The summed E-state index contributed by atoms with van der Waals surface area (Å²) in [5.41, 5.74) is 2.51. The first kappa shape index (κ1) is 24.9. The van der Waals surface area contributed by atoms with E-state index in [2.05, 4.69) is 10.3 Å². The maximum Gasteiger partial charge on any atom is 0.243 e. The summed E-state index contributed by atoms with van der Waals surface area (Å²) in [7, 11) is -1.96. The van der Waals surface area contributed by atoms with Gasteiger partial charge in [0.05, 0.1) is 23.6 Å². The molecule has 0 unspecified atom stereocenters. The van der Waals surface area contributed by atoms with Crippen LogP contribution in [-0.2, 0) is 27.8 Å². The first-order valence-electron chi connectivity index (χ1n) is 10.7. The molecule has 7 nitrogen and oxygen atoms in total. The number of rotatable bonds is 10. The van der Waals surface area contributed by atoms with Crippen molar-refractivity contribution in [2.75, 3.05) is 13.7 Å². The Bertz CT molecular complexity index is 1170. The van der Waals surface area contributed by atoms with Crippen LogP contribution in [0, 0.1) is 0 Å². The summed E-state index contributed by atoms with van der Waals surface area (Å²) in [6, 6.07) is 14.2. The number of amides is 1. The van der Waals surface area contributed by atoms with Gasteiger partial charge in [-0.05, 0) is 62.7 Å². The molecule has 3 rings (SSSR count). The van der Waals surface area contributed by atoms with Crippen molar-refractivity contribution in [1.29, 1.82) is 0 Å². The van der Waals surface area contributed by atoms with Crippen molar-refractivity contribution in [3.63, 3.8) is 0 Å². The van der Waals surface area contributed by atoms with Crippen LogP contribution in [-0.4, -0.2) is 43.3 Å². The van der Waals surface area contributed by atoms with E-state index >= 15 is 0 Å². The van der Waals surface area contributed by atoms with Crippen LogP contribution in [0.1, 0.15) is 32.0 Å². The third-order valence-electron chi connectivity index (χ3n) is 5.12. The number of hydrogen-bond acceptors (Lipinski definition) is 6. The van der Waals surface area contributed by atoms with Gasteiger partial charge in [0.25, 0.3) is 0 Å². The van der Waals surface area contributed by atoms with Crippen LogP contribution in [0.25, 0.3) is 10.6 Å². The van der Waals surface area contributed by atoms with E-state index in [9.17, 15) is 13.2 Å². The summed E-state index contributed by atoms with van der Waals surface area (Å²) >= 11 is 1.49. The first-order valence-corrected chi connectivity index (χ1v) is 13.0. The minimum Gasteiger partial charge on any atom is -0.494 e. The maximum atomic E-state index is 12.5. The Kier molecular flexibility index (Phi) is 8.23. The van der Waals surface area contributed by atoms with E-state index in [1.165, 1.54) is 15.6 Å². The smallest absolute Gasteiger partial charge is 0.243 e. The van der Waals surface area contributed by atoms with Crippen LogP contribution >= 0.6 is 11.3 Å². The lowest BCUT2D eigenvalue weighted by Gasteiger charge is -2.21. The first-order chi connectivity index (χ1) is 15.7. The molecule has 0 bridgehead atoms. The highest BCUT2D eigenvalue weighted by Crippen LogP contribution is 2.26. The molecule has 0 aliphatic carbocycles. The summed E-state index contributed by atoms with van der Waals surface area (Å²) in [4.78, 5) is 17.2. The van der Waals surface area contributed by atoms with Gasteiger partial charge >= 0.3 is 0 Å². The zero-order valence-corrected chi connectivity index (χ0v) is 20.9. The van der Waals surface area contributed by atoms with Crippen LogP contribution in [0.15, 0.2) is 58.8 Å². The number of carbonyl (C=O) groups is 1. The molecular formula is C24H29N3O4S2. The van der Waals surface area contributed by atoms with Gasteiger partial charge in [0.15, 0.2) is 0 Å². The SMILES string of the molecule is CCOc1ccc(-c2nc(CC(=O)NCc3ccc(S(=O)(=O)N(C)C(C)C)cc3)cs2)cc1. The molecule has 9 heteroatoms. The molecule has 0 aliphatic heterocycles. The molecule has 2 aromatic carbocycles. The van der Waals surface area contributed by atoms with E-state index in [4.69, 9.17) is 4.74 Å². The maximum absolute atomic E-state index is 12.5. The van der Waals surface area contributed by atoms with Crippen LogP contribution < -0.4 is 10.1 Å². The molecule has 176 valence electrons. The predicted octanol–water partition coefficient (Wildman–Crippen LogP) is 4.10. The molecule has 1 heterocycles. The summed E-state index contributed by atoms with van der Waals surface area (Å²) in [6.45, 7) is 6.53. The third-order valence-corrected chi connectivity index (χ3v) is 8.11. The van der Waals surface area contributed by atoms with E-state index in [0.29, 0.717) is 18.8 Å². The zero-order chi connectivity index (χ0) is 24.0. The molecule has 0 radical (unpaired) electrons. The number of hydrogen-bond donors (Lipinski definition) is 1. The number of benzene rings is 2. The fourth-order valence-electron chi connectivity index (χ4n) is 3.03. The average molecular weight is 488 g/mol. The molecule has 3 aromatic rings. The van der Waals surface area contributed by atoms with Crippen molar-refractivity contribution in [1.82, 2.24) is 14.6 Å². The second-order valence-electron chi connectivity index (χ2n) is 7.81. The Hall–Kier alpha value is -2.75. The molecule has 1 N–H and O–H groups in total. The van der Waals surface area contributed by atoms with E-state index < -0.39 is 10.0 Å². The van der Waals surface area contributed by atoms with Crippen molar-refractivity contribution in [2.45, 2.75) is 44.7 Å². The second kappa shape index (κ2) is 10.9. The number of nitrogens with zero attached hydrogens (tertiary/aromatic N) is 2. The van der Waals surface area contributed by atoms with Crippen LogP contribution in [0.2, 0.25) is 0 Å². The fourth-order valence-corrected chi connectivity index (χ4v) is 5.23. The lowest BCUT2D eigenvalue weighted by molar-refractivity contribution is -0.120. The minimum atomic E-state index is -3.52. The van der Waals surface area contributed by atoms with Crippen LogP contribution in [0.4, 0.5) is 0 Å². The number of sulfonamides is 1. The van der Waals surface area contributed by atoms with Gasteiger partial charge in [-0.25, -0.2) is 13.4 Å². The van der Waals surface area contributed by atoms with Gasteiger partial charge in [0.2, 0.25) is 15.9 Å². The Morgan fingerprint density at radius 2 is 1.79 bits per heavy atom. The van der Waals surface area contributed by atoms with E-state index in [1.54, 1.807) is 31.3 Å². The highest BCUT2D eigenvalue weighted by molar-refractivity contribution is 7.89. The van der Waals surface area contributed by atoms with E-state index in [0.717, 1.165) is 21.9 Å². The normalized spacial score (nSPS) is 11.7. The lowest BCUT2D eigenvalue weighted by Crippen LogP contribution is -2.33. The van der Waals surface area contributed by atoms with E-state index in [-0.39, 0.29) is 23.3 Å². The average Bonchev–Trinajstić information content (AvgIpc) is 3.26. The fraction of sp³-hybridized carbons (Fsp3) is 0.333. The standard InChI is InChI=1S/C24H29N3O4S2/c1-5-31-21-10-8-19(9-11-21)24-26-20(16-32-24)14-23(28)25-15-18-6-12-22(13-7-18)33(29,30)27(4)17(2)3/h6-13,16-17H,5,14-15H2,1-4H3,(H,25,28). The van der Waals surface area contributed by atoms with E-state index in [1.807, 2.05) is 50.4 Å². The van der Waals surface area contributed by atoms with Gasteiger partial charge < -0.3 is 10.1 Å². The zero-order valence-electron chi connectivity index (χ0n) is 19.2. The molecule has 0 fully saturated rings. The van der Waals surface area contributed by atoms with Gasteiger partial charge in [0.1, 0.15) is 10.8 Å². The number of ether oxygens (including phenoxy) is 1. The van der Waals surface area contributed by atoms with Gasteiger partial charge in [-0.1, -0.05) is 12.1 Å². The largest absolute Gasteiger partial charge is 0.494 e. The summed E-state index contributed by atoms with van der Waals surface area (Å²) < 4.78 is 31.9. The van der Waals surface area contributed by atoms with Crippen molar-refractivity contribution in [3.05, 3.63) is 65.2 Å². The Morgan fingerprint density at radius 3 is 2.39 bits per heavy atom. The number of aromatic nitrogens is 1. The number of thiazole rings is 1. The topological polar surface area (TPSA) is 88.6 Å². The molecule has 0 aliphatic rings. The Morgan fingerprint density at radius 1 is 1.12 bits per heavy atom. The van der Waals surface area contributed by atoms with Crippen molar-refractivity contribution in [2.24, 2.45) is 0 Å². The number of nitrogens with one attached hydrogen (secondary N) is 1. The summed E-state index contributed by atoms with van der Waals surface area (Å²) in [5.74, 6) is 0.671. The van der Waals surface area contributed by atoms with Gasteiger partial charge in [0, 0.05) is 30.6 Å². The lowest BCUT2D eigenvalue weighted by atomic mass is 10.2. The third kappa shape index (κ3) is 6.40. The molecule has 0 spiro atoms.